The normalized spacial score (nSPS) is 22.2. The molecule has 196 valence electrons. The number of carboxylic acid groups (broad SMARTS) is 1. The third-order valence-electron chi connectivity index (χ3n) is 6.23. The number of rotatable bonds is 8. The number of amides is 2. The number of hydrogen-bond donors (Lipinski definition) is 2. The predicted molar refractivity (Wildman–Crippen MR) is 129 cm³/mol. The summed E-state index contributed by atoms with van der Waals surface area (Å²) >= 11 is 1.16. The van der Waals surface area contributed by atoms with E-state index in [2.05, 4.69) is 5.32 Å². The van der Waals surface area contributed by atoms with Crippen molar-refractivity contribution in [2.75, 3.05) is 25.8 Å². The van der Waals surface area contributed by atoms with Gasteiger partial charge in [0.1, 0.15) is 18.0 Å². The average molecular weight is 522 g/mol. The van der Waals surface area contributed by atoms with Crippen molar-refractivity contribution in [1.82, 2.24) is 15.3 Å². The Morgan fingerprint density at radius 1 is 1.25 bits per heavy atom. The molecule has 12 heteroatoms. The lowest BCUT2D eigenvalue weighted by molar-refractivity contribution is -0.165. The molecular formula is C24H31N3O8S. The number of nitrogens with one attached hydrogen (secondary N) is 1. The van der Waals surface area contributed by atoms with Crippen LogP contribution in [0.25, 0.3) is 0 Å². The maximum atomic E-state index is 13.3. The standard InChI is InChI=1S/C24H31N3O8S/c1-24(2,3)23(32)35-13-36-19(10-14-6-7-17-18(9-14)34-12-33-17)20(28)25-15-11-26-8-4-5-16(22(30)31)27(26)21(15)29/h6-7,9,15-16,19H,4-5,8,10-13H2,1-3H3,(H,25,28)(H,30,31)/t15?,16?,19-/m0/s1. The fourth-order valence-electron chi connectivity index (χ4n) is 4.31. The van der Waals surface area contributed by atoms with Crippen LogP contribution in [0.15, 0.2) is 18.2 Å². The molecule has 0 bridgehead atoms. The number of ether oxygens (including phenoxy) is 3. The first kappa shape index (κ1) is 26.1. The lowest BCUT2D eigenvalue weighted by Gasteiger charge is -2.36. The molecule has 0 saturated carbocycles. The van der Waals surface area contributed by atoms with E-state index in [-0.39, 0.29) is 25.2 Å². The molecule has 1 aromatic carbocycles. The largest absolute Gasteiger partial charge is 0.480 e. The summed E-state index contributed by atoms with van der Waals surface area (Å²) in [7, 11) is 0. The van der Waals surface area contributed by atoms with Gasteiger partial charge in [-0.1, -0.05) is 6.07 Å². The van der Waals surface area contributed by atoms with Crippen LogP contribution < -0.4 is 14.8 Å². The predicted octanol–water partition coefficient (Wildman–Crippen LogP) is 1.40. The highest BCUT2D eigenvalue weighted by Crippen LogP contribution is 2.34. The van der Waals surface area contributed by atoms with Crippen molar-refractivity contribution in [3.8, 4) is 11.5 Å². The van der Waals surface area contributed by atoms with Crippen molar-refractivity contribution in [1.29, 1.82) is 0 Å². The molecule has 3 aliphatic rings. The van der Waals surface area contributed by atoms with Gasteiger partial charge in [0.25, 0.3) is 5.91 Å². The number of carbonyl (C=O) groups is 4. The van der Waals surface area contributed by atoms with Crippen molar-refractivity contribution in [3.63, 3.8) is 0 Å². The monoisotopic (exact) mass is 521 g/mol. The van der Waals surface area contributed by atoms with Crippen LogP contribution in [0.1, 0.15) is 39.2 Å². The first-order valence-electron chi connectivity index (χ1n) is 11.8. The molecule has 3 aliphatic heterocycles. The van der Waals surface area contributed by atoms with E-state index in [9.17, 15) is 24.3 Å². The highest BCUT2D eigenvalue weighted by molar-refractivity contribution is 8.00. The number of carbonyl (C=O) groups excluding carboxylic acids is 3. The second-order valence-electron chi connectivity index (χ2n) is 10.00. The van der Waals surface area contributed by atoms with Crippen molar-refractivity contribution in [2.24, 2.45) is 5.41 Å². The molecule has 3 heterocycles. The Balaban J connectivity index is 1.45. The van der Waals surface area contributed by atoms with Gasteiger partial charge in [0.2, 0.25) is 12.7 Å². The fourth-order valence-corrected chi connectivity index (χ4v) is 5.18. The van der Waals surface area contributed by atoms with Crippen LogP contribution in [0, 0.1) is 5.41 Å². The number of carboxylic acids is 1. The minimum absolute atomic E-state index is 0.0311. The third-order valence-corrected chi connectivity index (χ3v) is 7.27. The summed E-state index contributed by atoms with van der Waals surface area (Å²) < 4.78 is 16.1. The molecule has 0 aliphatic carbocycles. The van der Waals surface area contributed by atoms with Crippen molar-refractivity contribution < 1.29 is 38.5 Å². The summed E-state index contributed by atoms with van der Waals surface area (Å²) in [6.07, 6.45) is 1.33. The van der Waals surface area contributed by atoms with E-state index in [0.29, 0.717) is 37.3 Å². The Kier molecular flexibility index (Phi) is 7.65. The number of benzene rings is 1. The zero-order valence-electron chi connectivity index (χ0n) is 20.5. The molecule has 36 heavy (non-hydrogen) atoms. The van der Waals surface area contributed by atoms with Gasteiger partial charge < -0.3 is 24.6 Å². The number of nitrogens with zero attached hydrogens (tertiary/aromatic N) is 2. The second kappa shape index (κ2) is 10.6. The third kappa shape index (κ3) is 5.70. The SMILES string of the molecule is CC(C)(C)C(=O)OCS[C@@H](Cc1ccc2c(c1)OCO2)C(=O)NC1CN2CCCC(C(=O)O)N2C1=O. The van der Waals surface area contributed by atoms with Gasteiger partial charge in [-0.2, -0.15) is 0 Å². The van der Waals surface area contributed by atoms with E-state index in [1.807, 2.05) is 6.07 Å². The first-order chi connectivity index (χ1) is 17.0. The molecule has 0 aromatic heterocycles. The van der Waals surface area contributed by atoms with Crippen molar-refractivity contribution in [3.05, 3.63) is 23.8 Å². The highest BCUT2D eigenvalue weighted by atomic mass is 32.2. The maximum absolute atomic E-state index is 13.3. The van der Waals surface area contributed by atoms with Gasteiger partial charge in [-0.3, -0.25) is 19.4 Å². The van der Waals surface area contributed by atoms with Crippen molar-refractivity contribution in [2.45, 2.75) is 57.4 Å². The zero-order valence-corrected chi connectivity index (χ0v) is 21.3. The molecule has 2 unspecified atom stereocenters. The molecule has 0 radical (unpaired) electrons. The van der Waals surface area contributed by atoms with Crippen LogP contribution in [0.3, 0.4) is 0 Å². The van der Waals surface area contributed by atoms with Gasteiger partial charge in [-0.15, -0.1) is 11.8 Å². The molecule has 2 saturated heterocycles. The molecule has 3 atom stereocenters. The average Bonchev–Trinajstić information content (AvgIpc) is 3.41. The van der Waals surface area contributed by atoms with Gasteiger partial charge >= 0.3 is 11.9 Å². The van der Waals surface area contributed by atoms with Crippen LogP contribution in [-0.4, -0.2) is 82.0 Å². The summed E-state index contributed by atoms with van der Waals surface area (Å²) in [6, 6.07) is 3.63. The van der Waals surface area contributed by atoms with Crippen molar-refractivity contribution >= 4 is 35.5 Å². The number of thioether (sulfide) groups is 1. The van der Waals surface area contributed by atoms with Crippen LogP contribution in [0.4, 0.5) is 0 Å². The number of hydrogen-bond acceptors (Lipinski definition) is 9. The van der Waals surface area contributed by atoms with Gasteiger partial charge in [0.05, 0.1) is 10.7 Å². The van der Waals surface area contributed by atoms with Gasteiger partial charge in [-0.25, -0.2) is 9.80 Å². The van der Waals surface area contributed by atoms with Gasteiger partial charge in [0, 0.05) is 13.1 Å². The summed E-state index contributed by atoms with van der Waals surface area (Å²) in [6.45, 7) is 6.15. The Bertz CT molecular complexity index is 1040. The minimum atomic E-state index is -1.06. The number of hydrazine groups is 1. The fraction of sp³-hybridized carbons (Fsp3) is 0.583. The van der Waals surface area contributed by atoms with E-state index in [4.69, 9.17) is 14.2 Å². The second-order valence-corrected chi connectivity index (χ2v) is 11.1. The molecular weight excluding hydrogens is 490 g/mol. The molecule has 4 rings (SSSR count). The molecule has 2 amide bonds. The molecule has 2 fully saturated rings. The van der Waals surface area contributed by atoms with Crippen LogP contribution in [-0.2, 0) is 30.3 Å². The van der Waals surface area contributed by atoms with E-state index in [0.717, 1.165) is 17.3 Å². The van der Waals surface area contributed by atoms with E-state index in [1.165, 1.54) is 5.01 Å². The van der Waals surface area contributed by atoms with Crippen LogP contribution >= 0.6 is 11.8 Å². The molecule has 0 spiro atoms. The first-order valence-corrected chi connectivity index (χ1v) is 12.9. The van der Waals surface area contributed by atoms with Crippen LogP contribution in [0.2, 0.25) is 0 Å². The van der Waals surface area contributed by atoms with Gasteiger partial charge in [-0.05, 0) is 57.7 Å². The van der Waals surface area contributed by atoms with Crippen LogP contribution in [0.5, 0.6) is 11.5 Å². The van der Waals surface area contributed by atoms with E-state index in [1.54, 1.807) is 37.9 Å². The molecule has 11 nitrogen and oxygen atoms in total. The van der Waals surface area contributed by atoms with E-state index < -0.39 is 40.5 Å². The molecule has 2 N–H and O–H groups in total. The molecule has 1 aromatic rings. The topological polar surface area (TPSA) is 135 Å². The number of fused-ring (bicyclic) bond motifs is 2. The number of aliphatic carboxylic acids is 1. The Hall–Kier alpha value is -2.99. The maximum Gasteiger partial charge on any atom is 0.328 e. The van der Waals surface area contributed by atoms with Gasteiger partial charge in [0.15, 0.2) is 11.5 Å². The minimum Gasteiger partial charge on any atom is -0.480 e. The summed E-state index contributed by atoms with van der Waals surface area (Å²) in [5, 5.41) is 14.6. The highest BCUT2D eigenvalue weighted by Gasteiger charge is 2.47. The Morgan fingerprint density at radius 2 is 2.00 bits per heavy atom. The summed E-state index contributed by atoms with van der Waals surface area (Å²) in [5.41, 5.74) is 0.144. The lowest BCUT2D eigenvalue weighted by Crippen LogP contribution is -2.54. The quantitative estimate of drug-likeness (QED) is 0.382. The summed E-state index contributed by atoms with van der Waals surface area (Å²) in [5.74, 6) is -1.08. The summed E-state index contributed by atoms with van der Waals surface area (Å²) in [4.78, 5) is 50.2. The number of esters is 1. The Labute approximate surface area is 213 Å². The smallest absolute Gasteiger partial charge is 0.328 e. The zero-order chi connectivity index (χ0) is 26.0. The van der Waals surface area contributed by atoms with E-state index >= 15 is 0 Å². The Morgan fingerprint density at radius 3 is 2.72 bits per heavy atom. The lowest BCUT2D eigenvalue weighted by atomic mass is 9.98.